The first-order valence-corrected chi connectivity index (χ1v) is 8.34. The predicted octanol–water partition coefficient (Wildman–Crippen LogP) is 1.57. The van der Waals surface area contributed by atoms with Crippen LogP contribution >= 0.6 is 15.9 Å². The molecule has 16 heavy (non-hydrogen) atoms. The van der Waals surface area contributed by atoms with Gasteiger partial charge in [-0.1, -0.05) is 15.9 Å². The summed E-state index contributed by atoms with van der Waals surface area (Å²) in [5, 5.41) is 5.24. The predicted molar refractivity (Wildman–Crippen MR) is 66.6 cm³/mol. The van der Waals surface area contributed by atoms with E-state index in [9.17, 15) is 8.42 Å². The Labute approximate surface area is 104 Å². The average Bonchev–Trinajstić information content (AvgIpc) is 2.81. The van der Waals surface area contributed by atoms with E-state index in [1.165, 1.54) is 5.56 Å². The van der Waals surface area contributed by atoms with E-state index in [1.54, 1.807) is 0 Å². The van der Waals surface area contributed by atoms with Gasteiger partial charge in [0, 0.05) is 11.5 Å². The first-order valence-electron chi connectivity index (χ1n) is 5.40. The third-order valence-corrected chi connectivity index (χ3v) is 5.15. The highest BCUT2D eigenvalue weighted by Gasteiger charge is 2.29. The van der Waals surface area contributed by atoms with Crippen molar-refractivity contribution in [1.29, 1.82) is 0 Å². The van der Waals surface area contributed by atoms with E-state index >= 15 is 0 Å². The molecule has 6 heteroatoms. The van der Waals surface area contributed by atoms with Gasteiger partial charge in [-0.25, -0.2) is 8.42 Å². The van der Waals surface area contributed by atoms with Crippen molar-refractivity contribution in [2.45, 2.75) is 25.3 Å². The minimum Gasteiger partial charge on any atom is -0.268 e. The van der Waals surface area contributed by atoms with Gasteiger partial charge in [0.1, 0.15) is 0 Å². The molecule has 1 fully saturated rings. The van der Waals surface area contributed by atoms with E-state index in [4.69, 9.17) is 0 Å². The molecule has 1 aliphatic rings. The summed E-state index contributed by atoms with van der Waals surface area (Å²) in [6.45, 7) is 0. The van der Waals surface area contributed by atoms with Crippen molar-refractivity contribution in [3.63, 3.8) is 0 Å². The Hall–Kier alpha value is -0.360. The zero-order valence-electron chi connectivity index (χ0n) is 8.97. The van der Waals surface area contributed by atoms with Crippen molar-refractivity contribution in [1.82, 2.24) is 9.78 Å². The van der Waals surface area contributed by atoms with Gasteiger partial charge >= 0.3 is 0 Å². The average molecular weight is 307 g/mol. The highest BCUT2D eigenvalue weighted by Crippen LogP contribution is 2.23. The third kappa shape index (κ3) is 2.85. The van der Waals surface area contributed by atoms with Gasteiger partial charge in [0.2, 0.25) is 0 Å². The molecule has 4 nitrogen and oxygen atoms in total. The van der Waals surface area contributed by atoms with Crippen LogP contribution in [0.5, 0.6) is 0 Å². The monoisotopic (exact) mass is 306 g/mol. The number of aromatic nitrogens is 2. The molecule has 0 aliphatic carbocycles. The van der Waals surface area contributed by atoms with Crippen molar-refractivity contribution in [2.75, 3.05) is 16.8 Å². The van der Waals surface area contributed by atoms with Gasteiger partial charge in [-0.05, 0) is 24.8 Å². The standard InChI is InChI=1S/C10H15BrN2O2S/c11-4-1-2-9-6-12-13(7-9)10-3-5-16(14,15)8-10/h6-7,10H,1-5,8H2. The van der Waals surface area contributed by atoms with Crippen LogP contribution in [-0.4, -0.2) is 35.0 Å². The minimum atomic E-state index is -2.82. The number of sulfone groups is 1. The topological polar surface area (TPSA) is 52.0 Å². The number of nitrogens with zero attached hydrogens (tertiary/aromatic N) is 2. The van der Waals surface area contributed by atoms with Crippen LogP contribution in [0.2, 0.25) is 0 Å². The van der Waals surface area contributed by atoms with Crippen LogP contribution < -0.4 is 0 Å². The molecule has 0 radical (unpaired) electrons. The van der Waals surface area contributed by atoms with E-state index in [-0.39, 0.29) is 11.8 Å². The molecule has 1 aliphatic heterocycles. The number of rotatable bonds is 4. The Morgan fingerprint density at radius 1 is 1.56 bits per heavy atom. The lowest BCUT2D eigenvalue weighted by Crippen LogP contribution is -2.11. The largest absolute Gasteiger partial charge is 0.268 e. The number of aryl methyl sites for hydroxylation is 1. The van der Waals surface area contributed by atoms with Gasteiger partial charge in [0.05, 0.1) is 23.7 Å². The van der Waals surface area contributed by atoms with Crippen molar-refractivity contribution >= 4 is 25.8 Å². The molecule has 0 aromatic carbocycles. The summed E-state index contributed by atoms with van der Waals surface area (Å²) in [6.07, 6.45) is 6.59. The molecule has 0 bridgehead atoms. The van der Waals surface area contributed by atoms with Crippen LogP contribution in [0.1, 0.15) is 24.4 Å². The van der Waals surface area contributed by atoms with E-state index in [0.29, 0.717) is 12.2 Å². The Balaban J connectivity index is 2.02. The molecule has 2 heterocycles. The van der Waals surface area contributed by atoms with Crippen LogP contribution in [0.3, 0.4) is 0 Å². The zero-order valence-corrected chi connectivity index (χ0v) is 11.4. The molecular formula is C10H15BrN2O2S. The second-order valence-corrected chi connectivity index (χ2v) is 7.20. The summed E-state index contributed by atoms with van der Waals surface area (Å²) in [6, 6.07) is 0.0442. The van der Waals surface area contributed by atoms with Gasteiger partial charge in [-0.2, -0.15) is 5.10 Å². The summed E-state index contributed by atoms with van der Waals surface area (Å²) in [4.78, 5) is 0. The molecule has 1 saturated heterocycles. The maximum Gasteiger partial charge on any atom is 0.152 e. The van der Waals surface area contributed by atoms with Crippen LogP contribution in [0, 0.1) is 0 Å². The first-order chi connectivity index (χ1) is 7.61. The summed E-state index contributed by atoms with van der Waals surface area (Å²) < 4.78 is 24.5. The molecule has 0 saturated carbocycles. The van der Waals surface area contributed by atoms with Crippen molar-refractivity contribution in [3.8, 4) is 0 Å². The molecule has 0 spiro atoms. The molecule has 1 atom stereocenters. The smallest absolute Gasteiger partial charge is 0.152 e. The highest BCUT2D eigenvalue weighted by atomic mass is 79.9. The van der Waals surface area contributed by atoms with E-state index in [0.717, 1.165) is 18.2 Å². The van der Waals surface area contributed by atoms with Crippen molar-refractivity contribution in [3.05, 3.63) is 18.0 Å². The maximum atomic E-state index is 11.3. The summed E-state index contributed by atoms with van der Waals surface area (Å²) in [7, 11) is -2.82. The molecule has 1 unspecified atom stereocenters. The van der Waals surface area contributed by atoms with Gasteiger partial charge in [-0.15, -0.1) is 0 Å². The summed E-state index contributed by atoms with van der Waals surface area (Å²) >= 11 is 3.39. The Morgan fingerprint density at radius 3 is 3.00 bits per heavy atom. The lowest BCUT2D eigenvalue weighted by atomic mass is 10.2. The van der Waals surface area contributed by atoms with E-state index in [2.05, 4.69) is 21.0 Å². The number of hydrogen-bond donors (Lipinski definition) is 0. The van der Waals surface area contributed by atoms with E-state index < -0.39 is 9.84 Å². The quantitative estimate of drug-likeness (QED) is 0.794. The van der Waals surface area contributed by atoms with Gasteiger partial charge in [0.25, 0.3) is 0 Å². The number of hydrogen-bond acceptors (Lipinski definition) is 3. The normalized spacial score (nSPS) is 23.7. The second-order valence-electron chi connectivity index (χ2n) is 4.18. The molecule has 90 valence electrons. The molecule has 2 rings (SSSR count). The van der Waals surface area contributed by atoms with Crippen molar-refractivity contribution < 1.29 is 8.42 Å². The SMILES string of the molecule is O=S1(=O)CCC(n2cc(CCCBr)cn2)C1. The van der Waals surface area contributed by atoms with Gasteiger partial charge in [0.15, 0.2) is 9.84 Å². The molecule has 0 N–H and O–H groups in total. The fourth-order valence-electron chi connectivity index (χ4n) is 1.96. The van der Waals surface area contributed by atoms with Gasteiger partial charge in [-0.3, -0.25) is 4.68 Å². The van der Waals surface area contributed by atoms with Crippen LogP contribution in [0.4, 0.5) is 0 Å². The lowest BCUT2D eigenvalue weighted by Gasteiger charge is -2.07. The van der Waals surface area contributed by atoms with Crippen molar-refractivity contribution in [2.24, 2.45) is 0 Å². The fraction of sp³-hybridized carbons (Fsp3) is 0.700. The maximum absolute atomic E-state index is 11.3. The molecular weight excluding hydrogens is 292 g/mol. The zero-order chi connectivity index (χ0) is 11.6. The Bertz CT molecular complexity index is 455. The lowest BCUT2D eigenvalue weighted by molar-refractivity contribution is 0.499. The fourth-order valence-corrected chi connectivity index (χ4v) is 3.95. The third-order valence-electron chi connectivity index (χ3n) is 2.84. The molecule has 1 aromatic heterocycles. The molecule has 1 aromatic rings. The number of halogens is 1. The van der Waals surface area contributed by atoms with Crippen LogP contribution in [0.15, 0.2) is 12.4 Å². The van der Waals surface area contributed by atoms with Crippen LogP contribution in [0.25, 0.3) is 0 Å². The Morgan fingerprint density at radius 2 is 2.38 bits per heavy atom. The van der Waals surface area contributed by atoms with E-state index in [1.807, 2.05) is 17.1 Å². The second kappa shape index (κ2) is 4.87. The minimum absolute atomic E-state index is 0.0442. The summed E-state index contributed by atoms with van der Waals surface area (Å²) in [5.74, 6) is 0.542. The number of alkyl halides is 1. The summed E-state index contributed by atoms with van der Waals surface area (Å²) in [5.41, 5.74) is 1.18. The first kappa shape index (κ1) is 12.1. The molecule has 0 amide bonds. The highest BCUT2D eigenvalue weighted by molar-refractivity contribution is 9.09. The van der Waals surface area contributed by atoms with Crippen LogP contribution in [-0.2, 0) is 16.3 Å². The Kier molecular flexibility index (Phi) is 3.69. The van der Waals surface area contributed by atoms with Gasteiger partial charge < -0.3 is 0 Å².